The van der Waals surface area contributed by atoms with Crippen LogP contribution in [0.4, 0.5) is 0 Å². The minimum Gasteiger partial charge on any atom is -0.314 e. The normalized spacial score (nSPS) is 13.7. The molecule has 1 unspecified atom stereocenters. The molecule has 1 aromatic rings. The molecule has 102 valence electrons. The molecule has 1 atom stereocenters. The molecule has 1 nitrogen and oxygen atoms in total. The van der Waals surface area contributed by atoms with Crippen LogP contribution in [0.15, 0.2) is 18.2 Å². The zero-order chi connectivity index (χ0) is 13.8. The Labute approximate surface area is 121 Å². The molecule has 18 heavy (non-hydrogen) atoms. The predicted molar refractivity (Wildman–Crippen MR) is 81.9 cm³/mol. The molecule has 0 aromatic heterocycles. The van der Waals surface area contributed by atoms with E-state index in [4.69, 9.17) is 23.2 Å². The largest absolute Gasteiger partial charge is 0.314 e. The van der Waals surface area contributed by atoms with Crippen LogP contribution in [0.1, 0.15) is 46.1 Å². The van der Waals surface area contributed by atoms with Crippen molar-refractivity contribution in [1.29, 1.82) is 0 Å². The third kappa shape index (κ3) is 4.46. The highest BCUT2D eigenvalue weighted by molar-refractivity contribution is 6.42. The van der Waals surface area contributed by atoms with Gasteiger partial charge in [-0.1, -0.05) is 50.0 Å². The summed E-state index contributed by atoms with van der Waals surface area (Å²) in [5.41, 5.74) is 1.33. The van der Waals surface area contributed by atoms with Crippen LogP contribution in [0.5, 0.6) is 0 Å². The smallest absolute Gasteiger partial charge is 0.0595 e. The molecule has 1 rings (SSSR count). The van der Waals surface area contributed by atoms with Gasteiger partial charge in [0.15, 0.2) is 0 Å². The lowest BCUT2D eigenvalue weighted by Gasteiger charge is -2.29. The summed E-state index contributed by atoms with van der Waals surface area (Å²) in [6.45, 7) is 9.98. The number of hydrogen-bond donors (Lipinski definition) is 1. The van der Waals surface area contributed by atoms with E-state index in [1.165, 1.54) is 5.56 Å². The minimum atomic E-state index is 0.0917. The molecule has 0 amide bonds. The molecule has 0 aliphatic rings. The quantitative estimate of drug-likeness (QED) is 0.772. The summed E-state index contributed by atoms with van der Waals surface area (Å²) in [7, 11) is 0. The van der Waals surface area contributed by atoms with E-state index in [2.05, 4.69) is 39.1 Å². The van der Waals surface area contributed by atoms with Crippen molar-refractivity contribution < 1.29 is 0 Å². The third-order valence-electron chi connectivity index (χ3n) is 3.26. The summed E-state index contributed by atoms with van der Waals surface area (Å²) in [5, 5.41) is 4.78. The number of benzene rings is 1. The lowest BCUT2D eigenvalue weighted by atomic mass is 9.79. The van der Waals surface area contributed by atoms with E-state index >= 15 is 0 Å². The van der Waals surface area contributed by atoms with Crippen molar-refractivity contribution in [2.24, 2.45) is 0 Å². The van der Waals surface area contributed by atoms with Crippen molar-refractivity contribution in [1.82, 2.24) is 5.32 Å². The molecule has 3 heteroatoms. The van der Waals surface area contributed by atoms with E-state index in [0.29, 0.717) is 16.1 Å². The highest BCUT2D eigenvalue weighted by Gasteiger charge is 2.23. The van der Waals surface area contributed by atoms with E-state index in [0.717, 1.165) is 19.4 Å². The van der Waals surface area contributed by atoms with Crippen molar-refractivity contribution in [3.8, 4) is 0 Å². The van der Waals surface area contributed by atoms with Gasteiger partial charge in [0.25, 0.3) is 0 Å². The van der Waals surface area contributed by atoms with Gasteiger partial charge in [-0.15, -0.1) is 0 Å². The highest BCUT2D eigenvalue weighted by atomic mass is 35.5. The minimum absolute atomic E-state index is 0.0917. The van der Waals surface area contributed by atoms with Crippen LogP contribution in [0.3, 0.4) is 0 Å². The summed E-state index contributed by atoms with van der Waals surface area (Å²) < 4.78 is 0. The zero-order valence-electron chi connectivity index (χ0n) is 11.7. The number of nitrogens with one attached hydrogen (secondary N) is 1. The Morgan fingerprint density at radius 3 is 2.44 bits per heavy atom. The fourth-order valence-electron chi connectivity index (χ4n) is 2.26. The van der Waals surface area contributed by atoms with Crippen molar-refractivity contribution in [3.05, 3.63) is 33.8 Å². The van der Waals surface area contributed by atoms with E-state index in [1.807, 2.05) is 12.1 Å². The molecule has 1 aromatic carbocycles. The Morgan fingerprint density at radius 2 is 1.89 bits per heavy atom. The van der Waals surface area contributed by atoms with Gasteiger partial charge in [0.1, 0.15) is 0 Å². The second-order valence-corrected chi connectivity index (χ2v) is 6.39. The van der Waals surface area contributed by atoms with Crippen molar-refractivity contribution in [2.45, 2.75) is 52.0 Å². The second kappa shape index (κ2) is 6.79. The van der Waals surface area contributed by atoms with Crippen LogP contribution < -0.4 is 5.32 Å². The Hall–Kier alpha value is -0.240. The predicted octanol–water partition coefficient (Wildman–Crippen LogP) is 5.05. The maximum atomic E-state index is 6.09. The average Bonchev–Trinajstić information content (AvgIpc) is 2.29. The molecular formula is C15H23Cl2N. The van der Waals surface area contributed by atoms with Gasteiger partial charge in [-0.2, -0.15) is 0 Å². The van der Waals surface area contributed by atoms with Crippen molar-refractivity contribution in [2.75, 3.05) is 6.54 Å². The Bertz CT molecular complexity index is 388. The van der Waals surface area contributed by atoms with E-state index in [9.17, 15) is 0 Å². The van der Waals surface area contributed by atoms with Crippen LogP contribution >= 0.6 is 23.2 Å². The summed E-state index contributed by atoms with van der Waals surface area (Å²) in [6.07, 6.45) is 2.24. The summed E-state index contributed by atoms with van der Waals surface area (Å²) >= 11 is 12.1. The SMILES string of the molecule is CCCNC(C)CC(C)(C)c1ccc(Cl)c(Cl)c1. The van der Waals surface area contributed by atoms with Gasteiger partial charge in [0.05, 0.1) is 10.0 Å². The van der Waals surface area contributed by atoms with Crippen LogP contribution in [0.2, 0.25) is 10.0 Å². The standard InChI is InChI=1S/C15H23Cl2N/c1-5-8-18-11(2)10-15(3,4)12-6-7-13(16)14(17)9-12/h6-7,9,11,18H,5,8,10H2,1-4H3. The van der Waals surface area contributed by atoms with E-state index < -0.39 is 0 Å². The molecule has 0 aliphatic carbocycles. The van der Waals surface area contributed by atoms with Gasteiger partial charge >= 0.3 is 0 Å². The molecule has 0 heterocycles. The molecule has 0 bridgehead atoms. The summed E-state index contributed by atoms with van der Waals surface area (Å²) in [5.74, 6) is 0. The zero-order valence-corrected chi connectivity index (χ0v) is 13.2. The molecule has 0 spiro atoms. The fraction of sp³-hybridized carbons (Fsp3) is 0.600. The van der Waals surface area contributed by atoms with Gasteiger partial charge in [0, 0.05) is 6.04 Å². The van der Waals surface area contributed by atoms with Gasteiger partial charge < -0.3 is 5.32 Å². The maximum absolute atomic E-state index is 6.09. The molecule has 1 N–H and O–H groups in total. The highest BCUT2D eigenvalue weighted by Crippen LogP contribution is 2.32. The van der Waals surface area contributed by atoms with Crippen molar-refractivity contribution in [3.63, 3.8) is 0 Å². The first-order valence-corrected chi connectivity index (χ1v) is 7.31. The first-order valence-electron chi connectivity index (χ1n) is 6.55. The Balaban J connectivity index is 2.75. The van der Waals surface area contributed by atoms with E-state index in [1.54, 1.807) is 0 Å². The van der Waals surface area contributed by atoms with Gasteiger partial charge in [-0.3, -0.25) is 0 Å². The summed E-state index contributed by atoms with van der Waals surface area (Å²) in [6, 6.07) is 6.43. The molecule has 0 radical (unpaired) electrons. The molecule has 0 saturated carbocycles. The first-order chi connectivity index (χ1) is 8.36. The lowest BCUT2D eigenvalue weighted by Crippen LogP contribution is -2.33. The van der Waals surface area contributed by atoms with Gasteiger partial charge in [-0.05, 0) is 49.4 Å². The molecule has 0 aliphatic heterocycles. The monoisotopic (exact) mass is 287 g/mol. The second-order valence-electron chi connectivity index (χ2n) is 5.57. The molecular weight excluding hydrogens is 265 g/mol. The maximum Gasteiger partial charge on any atom is 0.0595 e. The third-order valence-corrected chi connectivity index (χ3v) is 4.00. The Kier molecular flexibility index (Phi) is 5.97. The van der Waals surface area contributed by atoms with Crippen LogP contribution in [0.25, 0.3) is 0 Å². The number of hydrogen-bond acceptors (Lipinski definition) is 1. The lowest BCUT2D eigenvalue weighted by molar-refractivity contribution is 0.389. The average molecular weight is 288 g/mol. The topological polar surface area (TPSA) is 12.0 Å². The fourth-order valence-corrected chi connectivity index (χ4v) is 2.56. The van der Waals surface area contributed by atoms with Crippen molar-refractivity contribution >= 4 is 23.2 Å². The van der Waals surface area contributed by atoms with Gasteiger partial charge in [-0.25, -0.2) is 0 Å². The van der Waals surface area contributed by atoms with Gasteiger partial charge in [0.2, 0.25) is 0 Å². The van der Waals surface area contributed by atoms with Crippen LogP contribution in [-0.4, -0.2) is 12.6 Å². The van der Waals surface area contributed by atoms with Crippen LogP contribution in [-0.2, 0) is 5.41 Å². The van der Waals surface area contributed by atoms with E-state index in [-0.39, 0.29) is 5.41 Å². The molecule has 0 saturated heterocycles. The number of halogens is 2. The van der Waals surface area contributed by atoms with Crippen LogP contribution in [0, 0.1) is 0 Å². The summed E-state index contributed by atoms with van der Waals surface area (Å²) in [4.78, 5) is 0. The molecule has 0 fully saturated rings. The number of rotatable bonds is 6. The first kappa shape index (κ1) is 15.8. The Morgan fingerprint density at radius 1 is 1.22 bits per heavy atom.